The van der Waals surface area contributed by atoms with Gasteiger partial charge in [-0.05, 0) is 103 Å². The molecule has 0 saturated carbocycles. The monoisotopic (exact) mass is 530 g/mol. The Kier molecular flexibility index (Phi) is 9.98. The van der Waals surface area contributed by atoms with Gasteiger partial charge >= 0.3 is 14.8 Å². The minimum atomic E-state index is -3.24. The van der Waals surface area contributed by atoms with Crippen LogP contribution in [-0.2, 0) is 21.9 Å². The highest BCUT2D eigenvalue weighted by Gasteiger charge is 2.52. The number of hydrogen-bond acceptors (Lipinski definition) is 6. The zero-order valence-electron chi connectivity index (χ0n) is 22.8. The fraction of sp³-hybridized carbons (Fsp3) is 0.696. The number of phenolic OH excluding ortho intramolecular Hbond substituents is 1. The summed E-state index contributed by atoms with van der Waals surface area (Å²) < 4.78 is 25.8. The van der Waals surface area contributed by atoms with Crippen LogP contribution in [0.15, 0.2) is 24.3 Å². The number of carbonyl (C=O) groups excluding carboxylic acids is 1. The van der Waals surface area contributed by atoms with E-state index < -0.39 is 39.2 Å². The number of benzene rings is 1. The van der Waals surface area contributed by atoms with Crippen molar-refractivity contribution in [2.75, 3.05) is 6.23 Å². The molecular weight excluding hydrogens is 485 g/mol. The number of carbonyl (C=O) groups is 1. The number of esters is 1. The molecule has 0 aliphatic rings. The van der Waals surface area contributed by atoms with E-state index in [-0.39, 0.29) is 23.9 Å². The predicted molar refractivity (Wildman–Crippen MR) is 145 cm³/mol. The Bertz CT molecular complexity index is 735. The molecule has 0 fully saturated rings. The van der Waals surface area contributed by atoms with Gasteiger partial charge in [0.15, 0.2) is 31.2 Å². The number of phenols is 1. The summed E-state index contributed by atoms with van der Waals surface area (Å²) >= 11 is 0. The molecule has 0 radical (unpaired) electrons. The van der Waals surface area contributed by atoms with Crippen LogP contribution >= 0.6 is 0 Å². The second-order valence-electron chi connectivity index (χ2n) is 12.5. The largest absolute Gasteiger partial charge is 0.509 e. The molecule has 0 aliphatic heterocycles. The lowest BCUT2D eigenvalue weighted by Crippen LogP contribution is -2.63. The summed E-state index contributed by atoms with van der Waals surface area (Å²) in [6, 6.07) is 7.13. The maximum absolute atomic E-state index is 13.3. The van der Waals surface area contributed by atoms with Gasteiger partial charge in [0.1, 0.15) is 5.75 Å². The van der Waals surface area contributed by atoms with E-state index in [4.69, 9.17) is 17.1 Å². The first kappa shape index (κ1) is 30.3. The molecule has 0 saturated heterocycles. The van der Waals surface area contributed by atoms with Gasteiger partial charge in [-0.1, -0.05) is 19.1 Å². The van der Waals surface area contributed by atoms with Crippen molar-refractivity contribution in [2.45, 2.75) is 92.0 Å². The van der Waals surface area contributed by atoms with Crippen LogP contribution in [0.4, 0.5) is 0 Å². The Labute approximate surface area is 205 Å². The SMILES string of the molecule is CC(CC(C)(C)C(=O)OC[Si](O[Si](C)(C)C)(O[Si](C)(C)C)O[Si](C)(C)C)c1ccc(O)cc1. The summed E-state index contributed by atoms with van der Waals surface area (Å²) in [5, 5.41) is 9.55. The van der Waals surface area contributed by atoms with E-state index in [1.807, 2.05) is 26.0 Å². The molecule has 0 bridgehead atoms. The van der Waals surface area contributed by atoms with Gasteiger partial charge in [0, 0.05) is 0 Å². The van der Waals surface area contributed by atoms with Crippen molar-refractivity contribution in [1.29, 1.82) is 0 Å². The fourth-order valence-corrected chi connectivity index (χ4v) is 17.5. The third kappa shape index (κ3) is 11.5. The highest BCUT2D eigenvalue weighted by Crippen LogP contribution is 2.34. The molecule has 0 heterocycles. The number of ether oxygens (including phenoxy) is 1. The van der Waals surface area contributed by atoms with Crippen LogP contribution in [0, 0.1) is 5.41 Å². The van der Waals surface area contributed by atoms with Gasteiger partial charge in [0.2, 0.25) is 0 Å². The third-order valence-electron chi connectivity index (χ3n) is 4.60. The van der Waals surface area contributed by atoms with Crippen molar-refractivity contribution in [2.24, 2.45) is 5.41 Å². The molecule has 1 aromatic carbocycles. The van der Waals surface area contributed by atoms with Crippen LogP contribution in [-0.4, -0.2) is 51.1 Å². The highest BCUT2D eigenvalue weighted by atomic mass is 28.5. The molecule has 10 heteroatoms. The second-order valence-corrected chi connectivity index (χ2v) is 29.3. The van der Waals surface area contributed by atoms with E-state index >= 15 is 0 Å². The van der Waals surface area contributed by atoms with Crippen molar-refractivity contribution in [1.82, 2.24) is 0 Å². The van der Waals surface area contributed by atoms with E-state index in [1.165, 1.54) is 0 Å². The molecule has 1 aromatic rings. The van der Waals surface area contributed by atoms with E-state index in [0.29, 0.717) is 6.42 Å². The summed E-state index contributed by atoms with van der Waals surface area (Å²) in [6.45, 7) is 24.9. The standard InChI is InChI=1S/C23H46O6Si4/c1-19(20-13-15-21(24)16-14-20)17-23(2,3)22(25)26-18-33(27-30(4,5)6,28-31(7,8)9)29-32(10,11)12/h13-16,19,24H,17-18H2,1-12H3. The van der Waals surface area contributed by atoms with Crippen molar-refractivity contribution in [3.05, 3.63) is 29.8 Å². The van der Waals surface area contributed by atoms with Crippen molar-refractivity contribution in [3.63, 3.8) is 0 Å². The lowest BCUT2D eigenvalue weighted by atomic mass is 9.81. The Morgan fingerprint density at radius 1 is 0.848 bits per heavy atom. The lowest BCUT2D eigenvalue weighted by molar-refractivity contribution is -0.153. The third-order valence-corrected chi connectivity index (χ3v) is 16.2. The highest BCUT2D eigenvalue weighted by molar-refractivity contribution is 6.90. The van der Waals surface area contributed by atoms with Gasteiger partial charge in [-0.25, -0.2) is 0 Å². The van der Waals surface area contributed by atoms with Crippen LogP contribution < -0.4 is 0 Å². The summed E-state index contributed by atoms with van der Waals surface area (Å²) in [7, 11) is -9.36. The van der Waals surface area contributed by atoms with Crippen LogP contribution in [0.25, 0.3) is 0 Å². The van der Waals surface area contributed by atoms with Gasteiger partial charge in [-0.15, -0.1) is 0 Å². The zero-order valence-corrected chi connectivity index (χ0v) is 26.8. The first-order valence-corrected chi connectivity index (χ1v) is 23.9. The Morgan fingerprint density at radius 2 is 1.24 bits per heavy atom. The topological polar surface area (TPSA) is 74.2 Å². The summed E-state index contributed by atoms with van der Waals surface area (Å²) in [5.74, 6) is 0.0884. The van der Waals surface area contributed by atoms with Gasteiger partial charge in [-0.3, -0.25) is 4.79 Å². The molecule has 1 unspecified atom stereocenters. The molecular formula is C23H46O6Si4. The van der Waals surface area contributed by atoms with E-state index in [9.17, 15) is 9.90 Å². The molecule has 33 heavy (non-hydrogen) atoms. The minimum Gasteiger partial charge on any atom is -0.508 e. The average molecular weight is 531 g/mol. The zero-order chi connectivity index (χ0) is 25.9. The van der Waals surface area contributed by atoms with E-state index in [2.05, 4.69) is 65.8 Å². The molecule has 0 aliphatic carbocycles. The number of rotatable bonds is 12. The fourth-order valence-electron chi connectivity index (χ4n) is 3.67. The first-order chi connectivity index (χ1) is 14.6. The molecule has 0 amide bonds. The van der Waals surface area contributed by atoms with Gasteiger partial charge in [-0.2, -0.15) is 0 Å². The quantitative estimate of drug-likeness (QED) is 0.246. The molecule has 190 valence electrons. The maximum Gasteiger partial charge on any atom is 0.509 e. The van der Waals surface area contributed by atoms with E-state index in [0.717, 1.165) is 5.56 Å². The van der Waals surface area contributed by atoms with Crippen LogP contribution in [0.5, 0.6) is 5.75 Å². The first-order valence-electron chi connectivity index (χ1n) is 11.7. The van der Waals surface area contributed by atoms with Crippen molar-refractivity contribution >= 4 is 39.7 Å². The molecule has 6 nitrogen and oxygen atoms in total. The van der Waals surface area contributed by atoms with Gasteiger partial charge in [0.05, 0.1) is 5.41 Å². The Balaban J connectivity index is 3.08. The predicted octanol–water partition coefficient (Wildman–Crippen LogP) is 6.49. The van der Waals surface area contributed by atoms with Crippen LogP contribution in [0.2, 0.25) is 58.9 Å². The molecule has 1 rings (SSSR count). The summed E-state index contributed by atoms with van der Waals surface area (Å²) in [5.41, 5.74) is 0.373. The second kappa shape index (κ2) is 10.9. The van der Waals surface area contributed by atoms with Crippen LogP contribution in [0.3, 0.4) is 0 Å². The molecule has 0 spiro atoms. The van der Waals surface area contributed by atoms with Gasteiger partial charge < -0.3 is 22.2 Å². The minimum absolute atomic E-state index is 0.0433. The number of hydrogen-bond donors (Lipinski definition) is 1. The normalized spacial score (nSPS) is 14.8. The van der Waals surface area contributed by atoms with E-state index in [1.54, 1.807) is 12.1 Å². The summed E-state index contributed by atoms with van der Waals surface area (Å²) in [6.07, 6.45) is 0.658. The lowest BCUT2D eigenvalue weighted by Gasteiger charge is -2.42. The maximum atomic E-state index is 13.3. The Hall–Kier alpha value is -0.762. The van der Waals surface area contributed by atoms with Crippen molar-refractivity contribution in [3.8, 4) is 5.75 Å². The Morgan fingerprint density at radius 3 is 1.61 bits per heavy atom. The van der Waals surface area contributed by atoms with Crippen molar-refractivity contribution < 1.29 is 27.0 Å². The van der Waals surface area contributed by atoms with Gasteiger partial charge in [0.25, 0.3) is 0 Å². The number of aromatic hydroxyl groups is 1. The average Bonchev–Trinajstić information content (AvgIpc) is 2.55. The molecule has 1 N–H and O–H groups in total. The molecule has 0 aromatic heterocycles. The van der Waals surface area contributed by atoms with Crippen LogP contribution in [0.1, 0.15) is 38.7 Å². The smallest absolute Gasteiger partial charge is 0.508 e. The molecule has 1 atom stereocenters. The summed E-state index contributed by atoms with van der Waals surface area (Å²) in [4.78, 5) is 13.3.